The molecule has 8 rings (SSSR count). The minimum Gasteiger partial charge on any atom is -0.385 e. The Labute approximate surface area is 390 Å². The van der Waals surface area contributed by atoms with Crippen LogP contribution in [0.4, 0.5) is 20.2 Å². The first kappa shape index (κ1) is 48.3. The molecular weight excluding hydrogens is 863 g/mol. The Hall–Kier alpha value is -5.21. The molecule has 0 bridgehead atoms. The highest BCUT2D eigenvalue weighted by Crippen LogP contribution is 2.39. The van der Waals surface area contributed by atoms with Gasteiger partial charge in [-0.2, -0.15) is 0 Å². The number of rotatable bonds is 17. The number of amides is 3. The Balaban J connectivity index is 0.831. The van der Waals surface area contributed by atoms with Crippen molar-refractivity contribution in [2.24, 2.45) is 12.8 Å². The Kier molecular flexibility index (Phi) is 15.4. The topological polar surface area (TPSA) is 198 Å². The predicted octanol–water partition coefficient (Wildman–Crippen LogP) is 3.01. The van der Waals surface area contributed by atoms with E-state index in [1.807, 2.05) is 34.1 Å². The number of halogens is 2. The maximum Gasteiger partial charge on any atom is 0.329 e. The maximum atomic E-state index is 14.6. The summed E-state index contributed by atoms with van der Waals surface area (Å²) in [5, 5.41) is 20.7. The average molecular weight is 931 g/mol. The Morgan fingerprint density at radius 3 is 2.51 bits per heavy atom. The number of nitrogens with two attached hydrogens (primary N) is 1. The molecule has 0 saturated carbocycles. The van der Waals surface area contributed by atoms with Gasteiger partial charge in [-0.15, -0.1) is 0 Å². The van der Waals surface area contributed by atoms with Crippen LogP contribution in [0.5, 0.6) is 0 Å². The molecule has 0 aliphatic carbocycles. The second-order valence-electron chi connectivity index (χ2n) is 18.8. The molecule has 5 aliphatic rings. The Morgan fingerprint density at radius 1 is 0.985 bits per heavy atom. The lowest BCUT2D eigenvalue weighted by atomic mass is 9.88. The first-order chi connectivity index (χ1) is 32.3. The zero-order valence-corrected chi connectivity index (χ0v) is 39.1. The van der Waals surface area contributed by atoms with Crippen LogP contribution in [-0.4, -0.2) is 152 Å². The molecule has 3 amide bonds. The van der Waals surface area contributed by atoms with Crippen molar-refractivity contribution in [2.45, 2.75) is 95.0 Å². The number of imidazole rings is 1. The molecular formula is C48H68F2N12O5. The number of fused-ring (bicyclic) bond motifs is 2. The molecule has 3 aromatic rings. The van der Waals surface area contributed by atoms with Gasteiger partial charge < -0.3 is 46.5 Å². The van der Waals surface area contributed by atoms with Crippen LogP contribution in [0.25, 0.3) is 11.0 Å². The largest absolute Gasteiger partial charge is 0.385 e. The number of nitrogens with one attached hydrogen (secondary N) is 5. The molecule has 7 N–H and O–H groups in total. The molecule has 1 aromatic heterocycles. The van der Waals surface area contributed by atoms with Crippen molar-refractivity contribution >= 4 is 46.3 Å². The SMILES string of the molecule is CNCC(C=N)c1cc2c(cc1C(F)F)N(C(N)C1=C(NC3CCN(CCCN4CCOC(CNc5ccc6c(c5)n(C)c(=O)n6C5CCC(=O)NC5=O)C4)CC3)CCN(C(C)=O)C1)CCC2. The summed E-state index contributed by atoms with van der Waals surface area (Å²) >= 11 is 0. The molecule has 19 heteroatoms. The van der Waals surface area contributed by atoms with Crippen LogP contribution >= 0.6 is 0 Å². The third-order valence-corrected chi connectivity index (χ3v) is 14.5. The van der Waals surface area contributed by atoms with Gasteiger partial charge in [0, 0.05) is 132 Å². The first-order valence-corrected chi connectivity index (χ1v) is 24.0. The van der Waals surface area contributed by atoms with Crippen molar-refractivity contribution in [3.8, 4) is 0 Å². The van der Waals surface area contributed by atoms with Gasteiger partial charge in [0.05, 0.1) is 23.7 Å². The number of nitrogens with zero attached hydrogens (tertiary/aromatic N) is 6. The quantitative estimate of drug-likeness (QED) is 0.0857. The molecule has 17 nitrogen and oxygen atoms in total. The molecule has 5 aliphatic heterocycles. The molecule has 0 spiro atoms. The number of ether oxygens (including phenoxy) is 1. The maximum absolute atomic E-state index is 14.6. The average Bonchev–Trinajstić information content (AvgIpc) is 3.57. The van der Waals surface area contributed by atoms with Crippen molar-refractivity contribution in [1.29, 1.82) is 5.41 Å². The highest BCUT2D eigenvalue weighted by atomic mass is 19.3. The van der Waals surface area contributed by atoms with Gasteiger partial charge in [-0.3, -0.25) is 33.7 Å². The van der Waals surface area contributed by atoms with Crippen molar-refractivity contribution in [3.05, 3.63) is 68.8 Å². The minimum atomic E-state index is -2.70. The summed E-state index contributed by atoms with van der Waals surface area (Å²) in [6, 6.07) is 8.66. The number of benzene rings is 2. The lowest BCUT2D eigenvalue weighted by molar-refractivity contribution is -0.135. The molecule has 4 atom stereocenters. The number of aromatic nitrogens is 2. The second kappa shape index (κ2) is 21.4. The van der Waals surface area contributed by atoms with Crippen molar-refractivity contribution < 1.29 is 27.9 Å². The smallest absolute Gasteiger partial charge is 0.329 e. The van der Waals surface area contributed by atoms with Gasteiger partial charge in [-0.05, 0) is 94.1 Å². The number of morpholine rings is 1. The standard InChI is InChI=1S/C48H68F2N12O5/c1-30(63)60-19-13-39(38(29-60)46(52)61-16-4-6-31-22-36(32(25-51)26-53-2)37(45(49)50)24-42(31)61)55-33-11-17-58(18-12-33)14-5-15-59-20-21-67-35(28-59)27-54-34-7-8-40-43(23-34)57(3)48(66)62(40)41-9-10-44(64)56-47(41)65/h7-8,22-25,32-33,35,41,45-46,51,53-55H,4-6,9-21,26-29,52H2,1-3H3,(H,56,64,65). The number of carbonyl (C=O) groups is 3. The highest BCUT2D eigenvalue weighted by molar-refractivity contribution is 6.00. The van der Waals surface area contributed by atoms with Gasteiger partial charge in [0.25, 0.3) is 6.43 Å². The summed E-state index contributed by atoms with van der Waals surface area (Å²) < 4.78 is 38.4. The van der Waals surface area contributed by atoms with Crippen molar-refractivity contribution in [2.75, 3.05) is 95.9 Å². The minimum absolute atomic E-state index is 0.000591. The van der Waals surface area contributed by atoms with Gasteiger partial charge in [-0.1, -0.05) is 6.07 Å². The van der Waals surface area contributed by atoms with Crippen LogP contribution < -0.4 is 37.6 Å². The fourth-order valence-electron chi connectivity index (χ4n) is 10.8. The lowest BCUT2D eigenvalue weighted by Gasteiger charge is -2.42. The number of aryl methyl sites for hydroxylation is 2. The van der Waals surface area contributed by atoms with Crippen LogP contribution in [0.15, 0.2) is 46.4 Å². The van der Waals surface area contributed by atoms with Gasteiger partial charge in [0.15, 0.2) is 0 Å². The molecule has 364 valence electrons. The van der Waals surface area contributed by atoms with Gasteiger partial charge in [0.1, 0.15) is 12.2 Å². The van der Waals surface area contributed by atoms with E-state index in [0.29, 0.717) is 68.0 Å². The number of piperidine rings is 2. The van der Waals surface area contributed by atoms with Crippen LogP contribution in [-0.2, 0) is 32.6 Å². The van der Waals surface area contributed by atoms with Gasteiger partial charge in [0.2, 0.25) is 17.7 Å². The van der Waals surface area contributed by atoms with E-state index >= 15 is 0 Å². The predicted molar refractivity (Wildman–Crippen MR) is 255 cm³/mol. The van der Waals surface area contributed by atoms with E-state index in [1.54, 1.807) is 27.1 Å². The van der Waals surface area contributed by atoms with Crippen LogP contribution in [0.1, 0.15) is 86.9 Å². The van der Waals surface area contributed by atoms with E-state index in [4.69, 9.17) is 15.9 Å². The number of hydrogen-bond acceptors (Lipinski definition) is 13. The number of carbonyl (C=O) groups excluding carboxylic acids is 3. The molecule has 3 saturated heterocycles. The lowest BCUT2D eigenvalue weighted by Crippen LogP contribution is -2.52. The van der Waals surface area contributed by atoms with E-state index in [9.17, 15) is 28.0 Å². The van der Waals surface area contributed by atoms with E-state index < -0.39 is 30.5 Å². The number of anilines is 2. The number of hydrogen-bond donors (Lipinski definition) is 6. The van der Waals surface area contributed by atoms with Crippen molar-refractivity contribution in [1.82, 2.24) is 39.8 Å². The van der Waals surface area contributed by atoms with Crippen LogP contribution in [0.2, 0.25) is 0 Å². The van der Waals surface area contributed by atoms with Crippen LogP contribution in [0, 0.1) is 5.41 Å². The summed E-state index contributed by atoms with van der Waals surface area (Å²) in [5.74, 6) is -1.25. The normalized spacial score (nSPS) is 22.3. The zero-order chi connectivity index (χ0) is 47.4. The summed E-state index contributed by atoms with van der Waals surface area (Å²) in [6.07, 6.45) is 3.63. The first-order valence-electron chi connectivity index (χ1n) is 24.0. The summed E-state index contributed by atoms with van der Waals surface area (Å²) in [6.45, 7) is 10.4. The fourth-order valence-corrected chi connectivity index (χ4v) is 10.8. The zero-order valence-electron chi connectivity index (χ0n) is 39.1. The van der Waals surface area contributed by atoms with E-state index in [-0.39, 0.29) is 48.1 Å². The summed E-state index contributed by atoms with van der Waals surface area (Å²) in [5.41, 5.74) is 13.1. The monoisotopic (exact) mass is 931 g/mol. The van der Waals surface area contributed by atoms with E-state index in [1.165, 1.54) is 15.3 Å². The molecule has 6 heterocycles. The number of likely N-dealkylation sites (tertiary alicyclic amines) is 1. The number of imide groups is 1. The highest BCUT2D eigenvalue weighted by Gasteiger charge is 2.35. The Bertz CT molecular complexity index is 2400. The number of likely N-dealkylation sites (N-methyl/N-ethyl adjacent to an activating group) is 1. The van der Waals surface area contributed by atoms with Gasteiger partial charge in [-0.25, -0.2) is 13.6 Å². The van der Waals surface area contributed by atoms with Crippen molar-refractivity contribution in [3.63, 3.8) is 0 Å². The third kappa shape index (κ3) is 10.8. The molecule has 2 aromatic carbocycles. The fraction of sp³-hybridized carbons (Fsp3) is 0.604. The molecule has 67 heavy (non-hydrogen) atoms. The molecule has 4 unspecified atom stereocenters. The van der Waals surface area contributed by atoms with E-state index in [2.05, 4.69) is 31.1 Å². The van der Waals surface area contributed by atoms with E-state index in [0.717, 1.165) is 93.9 Å². The second-order valence-corrected chi connectivity index (χ2v) is 18.8. The summed E-state index contributed by atoms with van der Waals surface area (Å²) in [7, 11) is 3.45. The van der Waals surface area contributed by atoms with Crippen LogP contribution in [0.3, 0.4) is 0 Å². The molecule has 3 fully saturated rings. The van der Waals surface area contributed by atoms with Gasteiger partial charge >= 0.3 is 5.69 Å². The summed E-state index contributed by atoms with van der Waals surface area (Å²) in [4.78, 5) is 59.0. The number of alkyl halides is 2. The molecule has 0 radical (unpaired) electrons. The Morgan fingerprint density at radius 2 is 1.78 bits per heavy atom. The third-order valence-electron chi connectivity index (χ3n) is 14.5.